The quantitative estimate of drug-likeness (QED) is 0.824. The maximum atomic E-state index is 3.72. The minimum atomic E-state index is 0.729. The molecule has 0 spiro atoms. The van der Waals surface area contributed by atoms with Crippen molar-refractivity contribution in [1.29, 1.82) is 0 Å². The average molecular weight is 253 g/mol. The highest BCUT2D eigenvalue weighted by molar-refractivity contribution is 4.94. The van der Waals surface area contributed by atoms with Crippen LogP contribution in [0.2, 0.25) is 0 Å². The van der Waals surface area contributed by atoms with Crippen LogP contribution in [-0.4, -0.2) is 61.7 Å². The predicted molar refractivity (Wildman–Crippen MR) is 77.9 cm³/mol. The van der Waals surface area contributed by atoms with E-state index in [2.05, 4.69) is 43.1 Å². The molecule has 2 fully saturated rings. The van der Waals surface area contributed by atoms with E-state index in [1.54, 1.807) is 0 Å². The Morgan fingerprint density at radius 1 is 1.22 bits per heavy atom. The van der Waals surface area contributed by atoms with Crippen LogP contribution < -0.4 is 5.32 Å². The van der Waals surface area contributed by atoms with E-state index < -0.39 is 0 Å². The molecule has 1 heterocycles. The lowest BCUT2D eigenvalue weighted by molar-refractivity contribution is 0.117. The molecule has 1 saturated heterocycles. The summed E-state index contributed by atoms with van der Waals surface area (Å²) >= 11 is 0. The third-order valence-electron chi connectivity index (χ3n) is 4.94. The van der Waals surface area contributed by atoms with Gasteiger partial charge >= 0.3 is 0 Å². The fourth-order valence-electron chi connectivity index (χ4n) is 3.75. The minimum Gasteiger partial charge on any atom is -0.313 e. The van der Waals surface area contributed by atoms with Crippen molar-refractivity contribution in [2.45, 2.75) is 57.7 Å². The standard InChI is InChI=1S/C15H31N3/c1-5-16-14-7-6-12(2)10-15(14)18-9-8-13(11-18)17(3)4/h12-16H,5-11H2,1-4H3. The van der Waals surface area contributed by atoms with Crippen LogP contribution in [0, 0.1) is 5.92 Å². The van der Waals surface area contributed by atoms with E-state index in [1.807, 2.05) is 0 Å². The molecule has 1 aliphatic carbocycles. The molecule has 4 atom stereocenters. The second-order valence-corrected chi connectivity index (χ2v) is 6.55. The maximum Gasteiger partial charge on any atom is 0.0252 e. The number of hydrogen-bond donors (Lipinski definition) is 1. The Labute approximate surface area is 113 Å². The van der Waals surface area contributed by atoms with Gasteiger partial charge in [0.05, 0.1) is 0 Å². The van der Waals surface area contributed by atoms with Crippen LogP contribution in [0.4, 0.5) is 0 Å². The molecule has 1 aliphatic heterocycles. The highest BCUT2D eigenvalue weighted by Crippen LogP contribution is 2.30. The molecule has 18 heavy (non-hydrogen) atoms. The zero-order valence-corrected chi connectivity index (χ0v) is 12.7. The number of rotatable bonds is 4. The fraction of sp³-hybridized carbons (Fsp3) is 1.00. The van der Waals surface area contributed by atoms with Gasteiger partial charge in [0.15, 0.2) is 0 Å². The summed E-state index contributed by atoms with van der Waals surface area (Å²) in [6.45, 7) is 8.34. The molecule has 1 saturated carbocycles. The van der Waals surface area contributed by atoms with E-state index in [9.17, 15) is 0 Å². The zero-order valence-electron chi connectivity index (χ0n) is 12.7. The summed E-state index contributed by atoms with van der Waals surface area (Å²) in [5, 5.41) is 3.72. The van der Waals surface area contributed by atoms with Crippen LogP contribution in [0.3, 0.4) is 0 Å². The summed E-state index contributed by atoms with van der Waals surface area (Å²) in [5.41, 5.74) is 0. The predicted octanol–water partition coefficient (Wildman–Crippen LogP) is 1.79. The Kier molecular flexibility index (Phi) is 5.05. The number of nitrogens with zero attached hydrogens (tertiary/aromatic N) is 2. The lowest BCUT2D eigenvalue weighted by Crippen LogP contribution is -2.52. The molecule has 106 valence electrons. The lowest BCUT2D eigenvalue weighted by atomic mass is 9.82. The summed E-state index contributed by atoms with van der Waals surface area (Å²) in [4.78, 5) is 5.15. The molecular formula is C15H31N3. The zero-order chi connectivity index (χ0) is 13.1. The molecule has 3 nitrogen and oxygen atoms in total. The van der Waals surface area contributed by atoms with Crippen molar-refractivity contribution in [3.8, 4) is 0 Å². The second-order valence-electron chi connectivity index (χ2n) is 6.55. The van der Waals surface area contributed by atoms with Gasteiger partial charge in [0, 0.05) is 31.2 Å². The van der Waals surface area contributed by atoms with Gasteiger partial charge < -0.3 is 10.2 Å². The molecule has 0 aromatic heterocycles. The molecular weight excluding hydrogens is 222 g/mol. The highest BCUT2D eigenvalue weighted by atomic mass is 15.3. The van der Waals surface area contributed by atoms with Crippen molar-refractivity contribution >= 4 is 0 Å². The molecule has 0 radical (unpaired) electrons. The van der Waals surface area contributed by atoms with Crippen molar-refractivity contribution < 1.29 is 0 Å². The number of likely N-dealkylation sites (N-methyl/N-ethyl adjacent to an activating group) is 2. The van der Waals surface area contributed by atoms with Gasteiger partial charge in [-0.1, -0.05) is 13.8 Å². The molecule has 0 bridgehead atoms. The topological polar surface area (TPSA) is 18.5 Å². The van der Waals surface area contributed by atoms with Crippen molar-refractivity contribution in [2.75, 3.05) is 33.7 Å². The van der Waals surface area contributed by atoms with Crippen molar-refractivity contribution in [3.05, 3.63) is 0 Å². The van der Waals surface area contributed by atoms with E-state index in [1.165, 1.54) is 38.8 Å². The normalized spacial score (nSPS) is 38.5. The summed E-state index contributed by atoms with van der Waals surface area (Å²) in [6.07, 6.45) is 5.50. The van der Waals surface area contributed by atoms with Crippen LogP contribution in [0.5, 0.6) is 0 Å². The van der Waals surface area contributed by atoms with Crippen LogP contribution in [0.1, 0.15) is 39.5 Å². The largest absolute Gasteiger partial charge is 0.313 e. The lowest BCUT2D eigenvalue weighted by Gasteiger charge is -2.41. The number of nitrogens with one attached hydrogen (secondary N) is 1. The van der Waals surface area contributed by atoms with Crippen LogP contribution in [0.25, 0.3) is 0 Å². The van der Waals surface area contributed by atoms with Crippen LogP contribution in [-0.2, 0) is 0 Å². The van der Waals surface area contributed by atoms with E-state index in [0.29, 0.717) is 0 Å². The van der Waals surface area contributed by atoms with Crippen molar-refractivity contribution in [1.82, 2.24) is 15.1 Å². The first-order chi connectivity index (χ1) is 8.61. The molecule has 1 N–H and O–H groups in total. The maximum absolute atomic E-state index is 3.72. The third kappa shape index (κ3) is 3.25. The Hall–Kier alpha value is -0.120. The second kappa shape index (κ2) is 6.36. The molecule has 0 amide bonds. The minimum absolute atomic E-state index is 0.729. The summed E-state index contributed by atoms with van der Waals surface area (Å²) < 4.78 is 0. The number of likely N-dealkylation sites (tertiary alicyclic amines) is 1. The van der Waals surface area contributed by atoms with Gasteiger partial charge in [-0.25, -0.2) is 0 Å². The van der Waals surface area contributed by atoms with Crippen LogP contribution >= 0.6 is 0 Å². The average Bonchev–Trinajstić information content (AvgIpc) is 2.81. The molecule has 0 aromatic rings. The van der Waals surface area contributed by atoms with Crippen molar-refractivity contribution in [2.24, 2.45) is 5.92 Å². The van der Waals surface area contributed by atoms with Gasteiger partial charge in [-0.3, -0.25) is 4.90 Å². The first-order valence-electron chi connectivity index (χ1n) is 7.75. The van der Waals surface area contributed by atoms with Gasteiger partial charge in [0.25, 0.3) is 0 Å². The molecule has 4 unspecified atom stereocenters. The summed E-state index contributed by atoms with van der Waals surface area (Å²) in [6, 6.07) is 2.27. The Morgan fingerprint density at radius 3 is 2.61 bits per heavy atom. The highest BCUT2D eigenvalue weighted by Gasteiger charge is 2.36. The van der Waals surface area contributed by atoms with Gasteiger partial charge in [0.2, 0.25) is 0 Å². The van der Waals surface area contributed by atoms with E-state index in [4.69, 9.17) is 0 Å². The molecule has 2 rings (SSSR count). The van der Waals surface area contributed by atoms with Crippen molar-refractivity contribution in [3.63, 3.8) is 0 Å². The molecule has 2 aliphatic rings. The SMILES string of the molecule is CCNC1CCC(C)CC1N1CCC(N(C)C)C1. The Morgan fingerprint density at radius 2 is 2.00 bits per heavy atom. The summed E-state index contributed by atoms with van der Waals surface area (Å²) in [7, 11) is 4.44. The van der Waals surface area contributed by atoms with E-state index in [0.717, 1.165) is 30.6 Å². The Bertz CT molecular complexity index is 254. The smallest absolute Gasteiger partial charge is 0.0252 e. The third-order valence-corrected chi connectivity index (χ3v) is 4.94. The fourth-order valence-corrected chi connectivity index (χ4v) is 3.75. The van der Waals surface area contributed by atoms with Crippen LogP contribution in [0.15, 0.2) is 0 Å². The van der Waals surface area contributed by atoms with E-state index in [-0.39, 0.29) is 0 Å². The first kappa shape index (κ1) is 14.3. The molecule has 0 aromatic carbocycles. The van der Waals surface area contributed by atoms with Gasteiger partial charge in [0.1, 0.15) is 0 Å². The monoisotopic (exact) mass is 253 g/mol. The van der Waals surface area contributed by atoms with Gasteiger partial charge in [-0.2, -0.15) is 0 Å². The Balaban J connectivity index is 1.95. The van der Waals surface area contributed by atoms with E-state index >= 15 is 0 Å². The number of hydrogen-bond acceptors (Lipinski definition) is 3. The molecule has 3 heteroatoms. The van der Waals surface area contributed by atoms with Gasteiger partial charge in [-0.05, 0) is 52.2 Å². The van der Waals surface area contributed by atoms with Gasteiger partial charge in [-0.15, -0.1) is 0 Å². The first-order valence-corrected chi connectivity index (χ1v) is 7.75. The summed E-state index contributed by atoms with van der Waals surface area (Å²) in [5.74, 6) is 0.906.